The SMILES string of the molecule is CCS(=O)(=O)CCNS(=O)(=O)c1ccc(NN)cc1. The summed E-state index contributed by atoms with van der Waals surface area (Å²) in [4.78, 5) is 0.0559. The number of nitrogens with two attached hydrogens (primary N) is 1. The molecule has 0 saturated carbocycles. The van der Waals surface area contributed by atoms with Gasteiger partial charge in [0.25, 0.3) is 0 Å². The van der Waals surface area contributed by atoms with Crippen molar-refractivity contribution in [1.29, 1.82) is 0 Å². The summed E-state index contributed by atoms with van der Waals surface area (Å²) in [7, 11) is -6.89. The third-order valence-electron chi connectivity index (χ3n) is 2.48. The van der Waals surface area contributed by atoms with Crippen molar-refractivity contribution >= 4 is 25.5 Å². The van der Waals surface area contributed by atoms with Gasteiger partial charge >= 0.3 is 0 Å². The molecule has 0 amide bonds. The maximum Gasteiger partial charge on any atom is 0.240 e. The molecule has 0 aliphatic rings. The van der Waals surface area contributed by atoms with Gasteiger partial charge in [-0.3, -0.25) is 5.84 Å². The minimum atomic E-state index is -3.70. The Balaban J connectivity index is 2.70. The smallest absolute Gasteiger partial charge is 0.240 e. The van der Waals surface area contributed by atoms with Gasteiger partial charge in [0.05, 0.1) is 10.6 Å². The highest BCUT2D eigenvalue weighted by molar-refractivity contribution is 7.91. The standard InChI is InChI=1S/C10H17N3O4S2/c1-2-18(14,15)8-7-12-19(16,17)10-5-3-9(13-11)4-6-10/h3-6,12-13H,2,7-8,11H2,1H3. The first-order chi connectivity index (χ1) is 8.80. The monoisotopic (exact) mass is 307 g/mol. The van der Waals surface area contributed by atoms with E-state index in [-0.39, 0.29) is 22.9 Å². The van der Waals surface area contributed by atoms with Gasteiger partial charge in [-0.15, -0.1) is 0 Å². The van der Waals surface area contributed by atoms with E-state index in [1.807, 2.05) is 0 Å². The van der Waals surface area contributed by atoms with E-state index >= 15 is 0 Å². The van der Waals surface area contributed by atoms with Crippen LogP contribution in [0.5, 0.6) is 0 Å². The van der Waals surface area contributed by atoms with E-state index < -0.39 is 19.9 Å². The summed E-state index contributed by atoms with van der Waals surface area (Å²) in [6.07, 6.45) is 0. The fourth-order valence-electron chi connectivity index (χ4n) is 1.29. The second-order valence-electron chi connectivity index (χ2n) is 3.80. The Kier molecular flexibility index (Phi) is 5.29. The van der Waals surface area contributed by atoms with E-state index in [9.17, 15) is 16.8 Å². The van der Waals surface area contributed by atoms with E-state index in [1.54, 1.807) is 0 Å². The predicted molar refractivity (Wildman–Crippen MR) is 73.8 cm³/mol. The molecule has 19 heavy (non-hydrogen) atoms. The number of benzene rings is 1. The average molecular weight is 307 g/mol. The predicted octanol–water partition coefficient (Wildman–Crippen LogP) is -0.315. The lowest BCUT2D eigenvalue weighted by molar-refractivity contribution is 0.581. The molecule has 1 rings (SSSR count). The van der Waals surface area contributed by atoms with Crippen LogP contribution in [-0.2, 0) is 19.9 Å². The van der Waals surface area contributed by atoms with Crippen LogP contribution >= 0.6 is 0 Å². The Morgan fingerprint density at radius 3 is 2.16 bits per heavy atom. The Morgan fingerprint density at radius 1 is 1.11 bits per heavy atom. The summed E-state index contributed by atoms with van der Waals surface area (Å²) in [6, 6.07) is 5.78. The molecule has 0 atom stereocenters. The van der Waals surface area contributed by atoms with Crippen molar-refractivity contribution in [3.63, 3.8) is 0 Å². The van der Waals surface area contributed by atoms with Crippen LogP contribution in [0, 0.1) is 0 Å². The largest absolute Gasteiger partial charge is 0.324 e. The van der Waals surface area contributed by atoms with Crippen LogP contribution in [0.3, 0.4) is 0 Å². The van der Waals surface area contributed by atoms with Crippen molar-refractivity contribution in [2.24, 2.45) is 5.84 Å². The first-order valence-corrected chi connectivity index (χ1v) is 8.88. The molecule has 0 aromatic heterocycles. The molecule has 0 fully saturated rings. The summed E-state index contributed by atoms with van der Waals surface area (Å²) < 4.78 is 48.4. The van der Waals surface area contributed by atoms with Gasteiger partial charge in [0.1, 0.15) is 0 Å². The topological polar surface area (TPSA) is 118 Å². The molecule has 1 aromatic rings. The Labute approximate surface area is 113 Å². The number of nitrogen functional groups attached to an aromatic ring is 1. The van der Waals surface area contributed by atoms with Crippen LogP contribution < -0.4 is 16.0 Å². The quantitative estimate of drug-likeness (QED) is 0.469. The van der Waals surface area contributed by atoms with Crippen molar-refractivity contribution in [3.05, 3.63) is 24.3 Å². The van der Waals surface area contributed by atoms with Crippen LogP contribution in [0.4, 0.5) is 5.69 Å². The normalized spacial score (nSPS) is 12.3. The zero-order valence-electron chi connectivity index (χ0n) is 10.5. The Bertz CT molecular complexity index is 609. The molecule has 0 aliphatic heterocycles. The van der Waals surface area contributed by atoms with E-state index in [1.165, 1.54) is 31.2 Å². The number of sulfone groups is 1. The minimum Gasteiger partial charge on any atom is -0.324 e. The first kappa shape index (κ1) is 15.9. The third kappa shape index (κ3) is 4.78. The average Bonchev–Trinajstić information content (AvgIpc) is 2.38. The van der Waals surface area contributed by atoms with Gasteiger partial charge in [-0.2, -0.15) is 0 Å². The highest BCUT2D eigenvalue weighted by Crippen LogP contribution is 2.12. The Morgan fingerprint density at radius 2 is 1.68 bits per heavy atom. The van der Waals surface area contributed by atoms with Gasteiger partial charge in [0.15, 0.2) is 9.84 Å². The van der Waals surface area contributed by atoms with E-state index in [0.29, 0.717) is 5.69 Å². The van der Waals surface area contributed by atoms with Gasteiger partial charge in [-0.05, 0) is 24.3 Å². The zero-order chi connectivity index (χ0) is 14.5. The third-order valence-corrected chi connectivity index (χ3v) is 5.66. The van der Waals surface area contributed by atoms with Crippen molar-refractivity contribution in [2.75, 3.05) is 23.5 Å². The molecule has 0 saturated heterocycles. The summed E-state index contributed by atoms with van der Waals surface area (Å²) in [6.45, 7) is 1.37. The van der Waals surface area contributed by atoms with Crippen molar-refractivity contribution in [1.82, 2.24) is 4.72 Å². The molecule has 0 radical (unpaired) electrons. The number of nitrogens with one attached hydrogen (secondary N) is 2. The molecule has 0 spiro atoms. The number of hydrogen-bond donors (Lipinski definition) is 3. The molecule has 0 unspecified atom stereocenters. The lowest BCUT2D eigenvalue weighted by Gasteiger charge is -2.07. The number of sulfonamides is 1. The van der Waals surface area contributed by atoms with Gasteiger partial charge < -0.3 is 5.43 Å². The summed E-state index contributed by atoms with van der Waals surface area (Å²) in [5.41, 5.74) is 2.96. The van der Waals surface area contributed by atoms with Crippen molar-refractivity contribution in [2.45, 2.75) is 11.8 Å². The van der Waals surface area contributed by atoms with Crippen molar-refractivity contribution < 1.29 is 16.8 Å². The van der Waals surface area contributed by atoms with E-state index in [0.717, 1.165) is 0 Å². The van der Waals surface area contributed by atoms with E-state index in [4.69, 9.17) is 5.84 Å². The second-order valence-corrected chi connectivity index (χ2v) is 8.04. The summed E-state index contributed by atoms with van der Waals surface area (Å²) in [5.74, 6) is 4.95. The molecular formula is C10H17N3O4S2. The van der Waals surface area contributed by atoms with Crippen LogP contribution in [0.25, 0.3) is 0 Å². The van der Waals surface area contributed by atoms with E-state index in [2.05, 4.69) is 10.1 Å². The fourth-order valence-corrected chi connectivity index (χ4v) is 3.15. The minimum absolute atomic E-state index is 0.00834. The zero-order valence-corrected chi connectivity index (χ0v) is 12.1. The number of anilines is 1. The van der Waals surface area contributed by atoms with Gasteiger partial charge in [0, 0.05) is 18.0 Å². The first-order valence-electron chi connectivity index (χ1n) is 5.57. The molecule has 0 heterocycles. The van der Waals surface area contributed by atoms with Crippen LogP contribution in [0.2, 0.25) is 0 Å². The van der Waals surface area contributed by atoms with Crippen LogP contribution in [-0.4, -0.2) is 34.9 Å². The van der Waals surface area contributed by atoms with Crippen molar-refractivity contribution in [3.8, 4) is 0 Å². The molecule has 4 N–H and O–H groups in total. The summed E-state index contributed by atoms with van der Waals surface area (Å²) in [5, 5.41) is 0. The molecule has 7 nitrogen and oxygen atoms in total. The lowest BCUT2D eigenvalue weighted by Crippen LogP contribution is -2.29. The number of hydrogen-bond acceptors (Lipinski definition) is 6. The van der Waals surface area contributed by atoms with Crippen LogP contribution in [0.1, 0.15) is 6.92 Å². The maximum absolute atomic E-state index is 11.8. The highest BCUT2D eigenvalue weighted by Gasteiger charge is 2.15. The number of hydrazine groups is 1. The maximum atomic E-state index is 11.8. The molecule has 1 aromatic carbocycles. The molecule has 9 heteroatoms. The van der Waals surface area contributed by atoms with Crippen LogP contribution in [0.15, 0.2) is 29.2 Å². The summed E-state index contributed by atoms with van der Waals surface area (Å²) >= 11 is 0. The molecule has 0 aliphatic carbocycles. The Hall–Kier alpha value is -1.16. The second kappa shape index (κ2) is 6.33. The highest BCUT2D eigenvalue weighted by atomic mass is 32.2. The molecule has 0 bridgehead atoms. The number of rotatable bonds is 7. The molecule has 108 valence electrons. The van der Waals surface area contributed by atoms with Gasteiger partial charge in [-0.25, -0.2) is 21.6 Å². The fraction of sp³-hybridized carbons (Fsp3) is 0.400. The molecular weight excluding hydrogens is 290 g/mol. The van der Waals surface area contributed by atoms with Gasteiger partial charge in [0.2, 0.25) is 10.0 Å². The van der Waals surface area contributed by atoms with Gasteiger partial charge in [-0.1, -0.05) is 6.92 Å². The lowest BCUT2D eigenvalue weighted by atomic mass is 10.3.